The van der Waals surface area contributed by atoms with E-state index in [1.807, 2.05) is 6.92 Å². The van der Waals surface area contributed by atoms with Crippen LogP contribution in [0.15, 0.2) is 0 Å². The summed E-state index contributed by atoms with van der Waals surface area (Å²) in [4.78, 5) is 12.1. The second-order valence-corrected chi connectivity index (χ2v) is 5.51. The summed E-state index contributed by atoms with van der Waals surface area (Å²) in [6.45, 7) is 6.67. The Morgan fingerprint density at radius 3 is 2.79 bits per heavy atom. The number of unbranched alkanes of at least 4 members (excludes halogenated alkanes) is 1. The van der Waals surface area contributed by atoms with Crippen LogP contribution in [-0.4, -0.2) is 24.0 Å². The number of hydrogen-bond acceptors (Lipinski definition) is 5. The maximum Gasteiger partial charge on any atom is 0.343 e. The van der Waals surface area contributed by atoms with Crippen molar-refractivity contribution < 1.29 is 9.53 Å². The second-order valence-electron chi connectivity index (χ2n) is 4.74. The first-order valence-electron chi connectivity index (χ1n) is 6.95. The van der Waals surface area contributed by atoms with E-state index in [0.29, 0.717) is 18.1 Å². The van der Waals surface area contributed by atoms with E-state index in [1.165, 1.54) is 24.4 Å². The average Bonchev–Trinajstić information content (AvgIpc) is 2.79. The third-order valence-electron chi connectivity index (χ3n) is 3.29. The highest BCUT2D eigenvalue weighted by Gasteiger charge is 2.20. The van der Waals surface area contributed by atoms with Crippen LogP contribution >= 0.6 is 11.5 Å². The maximum atomic E-state index is 12.1. The molecule has 1 unspecified atom stereocenters. The van der Waals surface area contributed by atoms with Crippen molar-refractivity contribution in [3.63, 3.8) is 0 Å². The minimum absolute atomic E-state index is 0.259. The van der Waals surface area contributed by atoms with Gasteiger partial charge in [-0.2, -0.15) is 4.37 Å². The molecule has 1 rings (SSSR count). The normalized spacial score (nSPS) is 12.2. The molecule has 0 amide bonds. The van der Waals surface area contributed by atoms with Crippen molar-refractivity contribution in [3.05, 3.63) is 11.3 Å². The lowest BCUT2D eigenvalue weighted by atomic mass is 10.0. The van der Waals surface area contributed by atoms with Gasteiger partial charge in [-0.25, -0.2) is 4.79 Å². The molecule has 0 bridgehead atoms. The zero-order chi connectivity index (χ0) is 14.3. The van der Waals surface area contributed by atoms with Crippen LogP contribution in [0.2, 0.25) is 0 Å². The summed E-state index contributed by atoms with van der Waals surface area (Å²) in [6.07, 6.45) is 4.55. The summed E-state index contributed by atoms with van der Waals surface area (Å²) in [5.74, 6) is 0.208. The molecule has 0 aliphatic carbocycles. The average molecular weight is 284 g/mol. The minimum atomic E-state index is -0.259. The summed E-state index contributed by atoms with van der Waals surface area (Å²) in [7, 11) is 1.79. The van der Waals surface area contributed by atoms with Gasteiger partial charge in [-0.1, -0.05) is 33.1 Å². The van der Waals surface area contributed by atoms with Crippen LogP contribution in [0.25, 0.3) is 0 Å². The number of rotatable bonds is 8. The lowest BCUT2D eigenvalue weighted by Crippen LogP contribution is -2.15. The Bertz CT molecular complexity index is 404. The predicted octanol–water partition coefficient (Wildman–Crippen LogP) is 3.87. The van der Waals surface area contributed by atoms with Gasteiger partial charge >= 0.3 is 5.97 Å². The number of nitrogens with one attached hydrogen (secondary N) is 1. The molecule has 1 atom stereocenters. The first-order chi connectivity index (χ1) is 9.13. The third kappa shape index (κ3) is 4.49. The lowest BCUT2D eigenvalue weighted by Gasteiger charge is -2.14. The maximum absolute atomic E-state index is 12.1. The number of carbonyl (C=O) groups is 1. The predicted molar refractivity (Wildman–Crippen MR) is 80.0 cm³/mol. The van der Waals surface area contributed by atoms with Crippen molar-refractivity contribution in [2.24, 2.45) is 5.92 Å². The number of nitrogens with zero attached hydrogens (tertiary/aromatic N) is 1. The Kier molecular flexibility index (Phi) is 6.84. The van der Waals surface area contributed by atoms with E-state index in [4.69, 9.17) is 4.74 Å². The highest BCUT2D eigenvalue weighted by molar-refractivity contribution is 7.10. The zero-order valence-corrected chi connectivity index (χ0v) is 13.1. The number of aryl methyl sites for hydroxylation is 1. The van der Waals surface area contributed by atoms with E-state index in [9.17, 15) is 4.79 Å². The largest absolute Gasteiger partial charge is 0.462 e. The van der Waals surface area contributed by atoms with Crippen LogP contribution in [-0.2, 0) is 4.74 Å². The molecule has 0 aliphatic rings. The first kappa shape index (κ1) is 16.0. The zero-order valence-electron chi connectivity index (χ0n) is 12.3. The van der Waals surface area contributed by atoms with Gasteiger partial charge in [0.15, 0.2) is 0 Å². The van der Waals surface area contributed by atoms with Gasteiger partial charge < -0.3 is 10.1 Å². The Labute approximate surface area is 119 Å². The number of carbonyl (C=O) groups excluding carboxylic acids is 1. The first-order valence-corrected chi connectivity index (χ1v) is 7.72. The molecule has 1 aromatic heterocycles. The van der Waals surface area contributed by atoms with Gasteiger partial charge in [-0.15, -0.1) is 0 Å². The van der Waals surface area contributed by atoms with Gasteiger partial charge in [0.25, 0.3) is 0 Å². The van der Waals surface area contributed by atoms with Gasteiger partial charge in [-0.05, 0) is 30.8 Å². The highest BCUT2D eigenvalue weighted by atomic mass is 32.1. The molecule has 0 aliphatic heterocycles. The molecule has 108 valence electrons. The van der Waals surface area contributed by atoms with Crippen molar-refractivity contribution in [3.8, 4) is 0 Å². The van der Waals surface area contributed by atoms with Crippen molar-refractivity contribution in [1.29, 1.82) is 0 Å². The van der Waals surface area contributed by atoms with Crippen molar-refractivity contribution in [2.45, 2.75) is 46.5 Å². The molecule has 5 heteroatoms. The number of aromatic nitrogens is 1. The summed E-state index contributed by atoms with van der Waals surface area (Å²) in [6, 6.07) is 0. The molecular formula is C14H24N2O2S. The molecule has 0 saturated heterocycles. The quantitative estimate of drug-likeness (QED) is 0.736. The molecular weight excluding hydrogens is 260 g/mol. The third-order valence-corrected chi connectivity index (χ3v) is 4.24. The van der Waals surface area contributed by atoms with E-state index in [0.717, 1.165) is 23.5 Å². The van der Waals surface area contributed by atoms with Crippen LogP contribution in [0.3, 0.4) is 0 Å². The number of hydrogen-bond donors (Lipinski definition) is 1. The molecule has 0 spiro atoms. The molecule has 0 aromatic carbocycles. The van der Waals surface area contributed by atoms with Crippen LogP contribution in [0.5, 0.6) is 0 Å². The van der Waals surface area contributed by atoms with E-state index in [1.54, 1.807) is 7.05 Å². The fourth-order valence-corrected chi connectivity index (χ4v) is 2.68. The van der Waals surface area contributed by atoms with Gasteiger partial charge in [0.1, 0.15) is 10.6 Å². The minimum Gasteiger partial charge on any atom is -0.462 e. The van der Waals surface area contributed by atoms with Gasteiger partial charge in [0, 0.05) is 7.05 Å². The summed E-state index contributed by atoms with van der Waals surface area (Å²) < 4.78 is 9.63. The van der Waals surface area contributed by atoms with Crippen LogP contribution < -0.4 is 5.32 Å². The second kappa shape index (κ2) is 8.15. The fourth-order valence-electron chi connectivity index (χ4n) is 1.94. The summed E-state index contributed by atoms with van der Waals surface area (Å²) in [5, 5.41) is 3.77. The van der Waals surface area contributed by atoms with Gasteiger partial charge in [0.05, 0.1) is 12.3 Å². The highest BCUT2D eigenvalue weighted by Crippen LogP contribution is 2.25. The monoisotopic (exact) mass is 284 g/mol. The number of ether oxygens (including phenoxy) is 1. The number of esters is 1. The van der Waals surface area contributed by atoms with E-state index < -0.39 is 0 Å². The SMILES string of the molecule is CCCCC(CC)COC(=O)c1c(C)nsc1NC. The molecule has 1 heterocycles. The molecule has 19 heavy (non-hydrogen) atoms. The molecule has 1 N–H and O–H groups in total. The van der Waals surface area contributed by atoms with Crippen molar-refractivity contribution in [2.75, 3.05) is 19.0 Å². The van der Waals surface area contributed by atoms with Crippen LogP contribution in [0, 0.1) is 12.8 Å². The smallest absolute Gasteiger partial charge is 0.343 e. The van der Waals surface area contributed by atoms with Gasteiger partial charge in [0.2, 0.25) is 0 Å². The Hall–Kier alpha value is -1.10. The van der Waals surface area contributed by atoms with Gasteiger partial charge in [-0.3, -0.25) is 0 Å². The molecule has 0 saturated carbocycles. The lowest BCUT2D eigenvalue weighted by molar-refractivity contribution is 0.0428. The Balaban J connectivity index is 2.56. The van der Waals surface area contributed by atoms with E-state index in [-0.39, 0.29) is 5.97 Å². The Morgan fingerprint density at radius 1 is 1.47 bits per heavy atom. The molecule has 0 fully saturated rings. The van der Waals surface area contributed by atoms with E-state index in [2.05, 4.69) is 23.5 Å². The topological polar surface area (TPSA) is 51.2 Å². The summed E-state index contributed by atoms with van der Waals surface area (Å²) in [5.41, 5.74) is 1.32. The van der Waals surface area contributed by atoms with Crippen molar-refractivity contribution >= 4 is 22.5 Å². The summed E-state index contributed by atoms with van der Waals surface area (Å²) >= 11 is 1.30. The number of anilines is 1. The Morgan fingerprint density at radius 2 is 2.21 bits per heavy atom. The molecule has 0 radical (unpaired) electrons. The molecule has 1 aromatic rings. The molecule has 4 nitrogen and oxygen atoms in total. The fraction of sp³-hybridized carbons (Fsp3) is 0.714. The standard InChI is InChI=1S/C14H24N2O2S/c1-5-7-8-11(6-2)9-18-14(17)12-10(3)16-19-13(12)15-4/h11,15H,5-9H2,1-4H3. The van der Waals surface area contributed by atoms with Crippen LogP contribution in [0.4, 0.5) is 5.00 Å². The van der Waals surface area contributed by atoms with Crippen LogP contribution in [0.1, 0.15) is 55.6 Å². The van der Waals surface area contributed by atoms with E-state index >= 15 is 0 Å². The van der Waals surface area contributed by atoms with Crippen molar-refractivity contribution in [1.82, 2.24) is 4.37 Å².